The first kappa shape index (κ1) is 12.2. The quantitative estimate of drug-likeness (QED) is 0.358. The summed E-state index contributed by atoms with van der Waals surface area (Å²) >= 11 is 0. The molecule has 0 amide bonds. The minimum Gasteiger partial charge on any atom is -0.487 e. The Morgan fingerprint density at radius 3 is 2.81 bits per heavy atom. The molecular formula is C10H12F2N2O2. The molecule has 0 unspecified atom stereocenters. The van der Waals surface area contributed by atoms with Gasteiger partial charge in [-0.05, 0) is 24.6 Å². The highest BCUT2D eigenvalue weighted by molar-refractivity contribution is 5.99. The van der Waals surface area contributed by atoms with Gasteiger partial charge in [0.15, 0.2) is 5.84 Å². The number of ether oxygens (including phenoxy) is 1. The minimum atomic E-state index is -2.57. The molecule has 0 bridgehead atoms. The molecule has 0 radical (unpaired) electrons. The van der Waals surface area contributed by atoms with Crippen molar-refractivity contribution >= 4 is 5.84 Å². The zero-order valence-corrected chi connectivity index (χ0v) is 8.65. The predicted molar refractivity (Wildman–Crippen MR) is 55.2 cm³/mol. The van der Waals surface area contributed by atoms with Gasteiger partial charge in [0.2, 0.25) is 0 Å². The molecule has 0 saturated heterocycles. The maximum atomic E-state index is 12.0. The second-order valence-electron chi connectivity index (χ2n) is 3.19. The Bertz CT molecular complexity index is 394. The van der Waals surface area contributed by atoms with Gasteiger partial charge in [-0.1, -0.05) is 11.2 Å². The smallest absolute Gasteiger partial charge is 0.272 e. The Morgan fingerprint density at radius 2 is 2.25 bits per heavy atom. The summed E-state index contributed by atoms with van der Waals surface area (Å²) in [5.41, 5.74) is 6.50. The number of oxime groups is 1. The molecule has 3 N–H and O–H groups in total. The third kappa shape index (κ3) is 3.08. The van der Waals surface area contributed by atoms with Crippen LogP contribution in [0.15, 0.2) is 23.4 Å². The highest BCUT2D eigenvalue weighted by Crippen LogP contribution is 2.20. The van der Waals surface area contributed by atoms with E-state index in [0.717, 1.165) is 5.56 Å². The van der Waals surface area contributed by atoms with Crippen LogP contribution in [0.5, 0.6) is 5.75 Å². The van der Waals surface area contributed by atoms with E-state index in [1.807, 2.05) is 0 Å². The molecule has 0 aliphatic carbocycles. The molecule has 0 fully saturated rings. The average Bonchev–Trinajstić information content (AvgIpc) is 2.25. The number of aryl methyl sites for hydroxylation is 1. The molecule has 6 heteroatoms. The number of nitrogens with two attached hydrogens (primary N) is 1. The molecule has 4 nitrogen and oxygen atoms in total. The van der Waals surface area contributed by atoms with Crippen LogP contribution in [0.25, 0.3) is 0 Å². The topological polar surface area (TPSA) is 67.8 Å². The van der Waals surface area contributed by atoms with Crippen molar-refractivity contribution < 1.29 is 18.7 Å². The molecule has 1 rings (SSSR count). The summed E-state index contributed by atoms with van der Waals surface area (Å²) in [5, 5.41) is 11.3. The molecule has 0 saturated carbocycles. The molecule has 88 valence electrons. The van der Waals surface area contributed by atoms with Gasteiger partial charge in [0.1, 0.15) is 12.4 Å². The van der Waals surface area contributed by atoms with Crippen LogP contribution >= 0.6 is 0 Å². The van der Waals surface area contributed by atoms with Crippen LogP contribution in [0.1, 0.15) is 11.1 Å². The average molecular weight is 230 g/mol. The van der Waals surface area contributed by atoms with Gasteiger partial charge >= 0.3 is 0 Å². The van der Waals surface area contributed by atoms with Gasteiger partial charge in [0.05, 0.1) is 5.56 Å². The standard InChI is InChI=1S/C10H12F2N2O2/c1-6-2-3-7(10(13)14-15)8(4-6)16-5-9(11)12/h2-4,9,15H,5H2,1H3,(H2,13,14). The number of hydrogen-bond acceptors (Lipinski definition) is 3. The first-order chi connectivity index (χ1) is 7.54. The third-order valence-corrected chi connectivity index (χ3v) is 1.89. The molecule has 0 aliphatic rings. The largest absolute Gasteiger partial charge is 0.487 e. The molecule has 1 aromatic carbocycles. The fraction of sp³-hybridized carbons (Fsp3) is 0.300. The van der Waals surface area contributed by atoms with Crippen LogP contribution in [-0.4, -0.2) is 24.1 Å². The van der Waals surface area contributed by atoms with Crippen molar-refractivity contribution in [1.82, 2.24) is 0 Å². The second kappa shape index (κ2) is 5.29. The lowest BCUT2D eigenvalue weighted by Crippen LogP contribution is -2.16. The summed E-state index contributed by atoms with van der Waals surface area (Å²) in [6.45, 7) is 1.06. The van der Waals surface area contributed by atoms with Gasteiger partial charge in [-0.15, -0.1) is 0 Å². The Hall–Kier alpha value is -1.85. The van der Waals surface area contributed by atoms with E-state index in [1.165, 1.54) is 0 Å². The Balaban J connectivity index is 2.99. The van der Waals surface area contributed by atoms with Gasteiger partial charge in [-0.25, -0.2) is 8.78 Å². The van der Waals surface area contributed by atoms with Crippen LogP contribution in [0.4, 0.5) is 8.78 Å². The van der Waals surface area contributed by atoms with Crippen LogP contribution < -0.4 is 10.5 Å². The minimum absolute atomic E-state index is 0.176. The van der Waals surface area contributed by atoms with Crippen LogP contribution in [0.2, 0.25) is 0 Å². The van der Waals surface area contributed by atoms with E-state index in [2.05, 4.69) is 5.16 Å². The lowest BCUT2D eigenvalue weighted by molar-refractivity contribution is 0.0817. The monoisotopic (exact) mass is 230 g/mol. The van der Waals surface area contributed by atoms with E-state index in [-0.39, 0.29) is 17.1 Å². The Kier molecular flexibility index (Phi) is 4.04. The maximum absolute atomic E-state index is 12.0. The summed E-state index contributed by atoms with van der Waals surface area (Å²) in [5.74, 6) is -0.000124. The van der Waals surface area contributed by atoms with Crippen molar-refractivity contribution in [3.05, 3.63) is 29.3 Å². The lowest BCUT2D eigenvalue weighted by Gasteiger charge is -2.10. The zero-order chi connectivity index (χ0) is 12.1. The second-order valence-corrected chi connectivity index (χ2v) is 3.19. The van der Waals surface area contributed by atoms with Crippen molar-refractivity contribution in [2.24, 2.45) is 10.9 Å². The highest BCUT2D eigenvalue weighted by Gasteiger charge is 2.11. The maximum Gasteiger partial charge on any atom is 0.272 e. The van der Waals surface area contributed by atoms with E-state index in [0.29, 0.717) is 0 Å². The van der Waals surface area contributed by atoms with Gasteiger partial charge in [0.25, 0.3) is 6.43 Å². The van der Waals surface area contributed by atoms with Crippen molar-refractivity contribution in [2.45, 2.75) is 13.3 Å². The molecule has 0 spiro atoms. The fourth-order valence-electron chi connectivity index (χ4n) is 1.17. The van der Waals surface area contributed by atoms with Gasteiger partial charge in [-0.2, -0.15) is 0 Å². The first-order valence-corrected chi connectivity index (χ1v) is 4.54. The molecule has 0 heterocycles. The molecular weight excluding hydrogens is 218 g/mol. The van der Waals surface area contributed by atoms with Gasteiger partial charge < -0.3 is 15.7 Å². The summed E-state index contributed by atoms with van der Waals surface area (Å²) < 4.78 is 28.9. The van der Waals surface area contributed by atoms with Crippen molar-refractivity contribution in [3.63, 3.8) is 0 Å². The molecule has 0 aromatic heterocycles. The fourth-order valence-corrected chi connectivity index (χ4v) is 1.17. The summed E-state index contributed by atoms with van der Waals surface area (Å²) in [6, 6.07) is 4.81. The van der Waals surface area contributed by atoms with E-state index < -0.39 is 13.0 Å². The number of alkyl halides is 2. The van der Waals surface area contributed by atoms with Gasteiger partial charge in [-0.3, -0.25) is 0 Å². The molecule has 1 aromatic rings. The summed E-state index contributed by atoms with van der Waals surface area (Å²) in [6.07, 6.45) is -2.57. The third-order valence-electron chi connectivity index (χ3n) is 1.89. The van der Waals surface area contributed by atoms with Gasteiger partial charge in [0, 0.05) is 0 Å². The lowest BCUT2D eigenvalue weighted by atomic mass is 10.1. The molecule has 0 aliphatic heterocycles. The number of nitrogens with zero attached hydrogens (tertiary/aromatic N) is 1. The molecule has 0 atom stereocenters. The first-order valence-electron chi connectivity index (χ1n) is 4.54. The SMILES string of the molecule is Cc1ccc(/C(N)=N/O)c(OCC(F)F)c1. The number of amidine groups is 1. The number of hydrogen-bond donors (Lipinski definition) is 2. The van der Waals surface area contributed by atoms with Crippen molar-refractivity contribution in [2.75, 3.05) is 6.61 Å². The summed E-state index contributed by atoms with van der Waals surface area (Å²) in [4.78, 5) is 0. The predicted octanol–water partition coefficient (Wildman–Crippen LogP) is 1.73. The van der Waals surface area contributed by atoms with E-state index >= 15 is 0 Å². The van der Waals surface area contributed by atoms with Crippen LogP contribution in [0.3, 0.4) is 0 Å². The van der Waals surface area contributed by atoms with E-state index in [4.69, 9.17) is 15.7 Å². The van der Waals surface area contributed by atoms with E-state index in [1.54, 1.807) is 25.1 Å². The Labute approximate surface area is 91.3 Å². The van der Waals surface area contributed by atoms with Crippen LogP contribution in [0, 0.1) is 6.92 Å². The van der Waals surface area contributed by atoms with Crippen LogP contribution in [-0.2, 0) is 0 Å². The van der Waals surface area contributed by atoms with Crippen molar-refractivity contribution in [3.8, 4) is 5.75 Å². The zero-order valence-electron chi connectivity index (χ0n) is 8.65. The van der Waals surface area contributed by atoms with Crippen molar-refractivity contribution in [1.29, 1.82) is 0 Å². The number of rotatable bonds is 4. The van der Waals surface area contributed by atoms with E-state index in [9.17, 15) is 8.78 Å². The molecule has 16 heavy (non-hydrogen) atoms. The highest BCUT2D eigenvalue weighted by atomic mass is 19.3. The summed E-state index contributed by atoms with van der Waals surface area (Å²) in [7, 11) is 0. The Morgan fingerprint density at radius 1 is 1.56 bits per heavy atom. The normalized spacial score (nSPS) is 11.9. The number of benzene rings is 1. The number of halogens is 2.